The molecular weight excluding hydrogens is 278 g/mol. The van der Waals surface area contributed by atoms with Gasteiger partial charge in [0, 0.05) is 17.1 Å². The number of hydrogen-bond donors (Lipinski definition) is 3. The van der Waals surface area contributed by atoms with Crippen molar-refractivity contribution in [2.75, 3.05) is 5.43 Å². The number of rotatable bonds is 2. The fourth-order valence-corrected chi connectivity index (χ4v) is 3.61. The smallest absolute Gasteiger partial charge is 0.256 e. The van der Waals surface area contributed by atoms with Crippen molar-refractivity contribution < 1.29 is 9.90 Å². The molecule has 0 aliphatic carbocycles. The minimum absolute atomic E-state index is 0.0557. The second kappa shape index (κ2) is 5.24. The predicted molar refractivity (Wildman–Crippen MR) is 77.5 cm³/mol. The highest BCUT2D eigenvalue weighted by Gasteiger charge is 2.43. The Morgan fingerprint density at radius 1 is 1.35 bits per heavy atom. The number of nitrogens with zero attached hydrogens (tertiary/aromatic N) is 1. The maximum absolute atomic E-state index is 12.8. The molecule has 0 aromatic heterocycles. The van der Waals surface area contributed by atoms with Gasteiger partial charge in [0.25, 0.3) is 5.91 Å². The van der Waals surface area contributed by atoms with Crippen molar-refractivity contribution in [3.05, 3.63) is 28.8 Å². The van der Waals surface area contributed by atoms with Gasteiger partial charge in [-0.05, 0) is 43.9 Å². The molecule has 20 heavy (non-hydrogen) atoms. The Morgan fingerprint density at radius 2 is 2.00 bits per heavy atom. The first kappa shape index (κ1) is 13.7. The van der Waals surface area contributed by atoms with Crippen molar-refractivity contribution in [2.24, 2.45) is 5.84 Å². The number of benzene rings is 1. The number of hydrogen-bond acceptors (Lipinski definition) is 4. The van der Waals surface area contributed by atoms with Crippen LogP contribution < -0.4 is 11.3 Å². The second-order valence-electron chi connectivity index (χ2n) is 5.56. The molecule has 1 amide bonds. The maximum Gasteiger partial charge on any atom is 0.256 e. The van der Waals surface area contributed by atoms with E-state index in [1.54, 1.807) is 18.2 Å². The van der Waals surface area contributed by atoms with E-state index >= 15 is 0 Å². The van der Waals surface area contributed by atoms with Gasteiger partial charge in [-0.15, -0.1) is 0 Å². The average Bonchev–Trinajstić information content (AvgIpc) is 2.70. The molecule has 1 aromatic rings. The van der Waals surface area contributed by atoms with E-state index in [4.69, 9.17) is 17.4 Å². The number of aliphatic hydroxyl groups excluding tert-OH is 1. The lowest BCUT2D eigenvalue weighted by Crippen LogP contribution is -2.48. The summed E-state index contributed by atoms with van der Waals surface area (Å²) < 4.78 is 0. The second-order valence-corrected chi connectivity index (χ2v) is 5.99. The van der Waals surface area contributed by atoms with Gasteiger partial charge in [-0.25, -0.2) is 0 Å². The van der Waals surface area contributed by atoms with Gasteiger partial charge in [-0.1, -0.05) is 11.6 Å². The fraction of sp³-hybridized carbons (Fsp3) is 0.500. The van der Waals surface area contributed by atoms with Crippen LogP contribution in [0, 0.1) is 0 Å². The number of fused-ring (bicyclic) bond motifs is 2. The Balaban J connectivity index is 1.92. The van der Waals surface area contributed by atoms with Crippen molar-refractivity contribution in [2.45, 2.75) is 43.9 Å². The summed E-state index contributed by atoms with van der Waals surface area (Å²) in [6.45, 7) is 0. The molecule has 2 heterocycles. The van der Waals surface area contributed by atoms with Gasteiger partial charge in [-0.2, -0.15) is 0 Å². The van der Waals surface area contributed by atoms with Crippen LogP contribution in [0.5, 0.6) is 0 Å². The standard InChI is InChI=1S/C14H18ClN3O2/c15-8-1-4-13(17-16)12(5-8)14(20)18-9-2-3-10(18)7-11(19)6-9/h1,4-5,9-11,17,19H,2-3,6-7,16H2. The normalized spacial score (nSPS) is 28.6. The van der Waals surface area contributed by atoms with Crippen LogP contribution in [-0.2, 0) is 0 Å². The first-order valence-electron chi connectivity index (χ1n) is 6.87. The van der Waals surface area contributed by atoms with Gasteiger partial charge in [0.1, 0.15) is 0 Å². The van der Waals surface area contributed by atoms with Crippen molar-refractivity contribution >= 4 is 23.2 Å². The summed E-state index contributed by atoms with van der Waals surface area (Å²) in [6.07, 6.45) is 2.95. The summed E-state index contributed by atoms with van der Waals surface area (Å²) in [7, 11) is 0. The topological polar surface area (TPSA) is 78.6 Å². The number of aliphatic hydroxyl groups is 1. The van der Waals surface area contributed by atoms with E-state index in [9.17, 15) is 9.90 Å². The first-order chi connectivity index (χ1) is 9.60. The van der Waals surface area contributed by atoms with Crippen molar-refractivity contribution in [3.63, 3.8) is 0 Å². The van der Waals surface area contributed by atoms with Gasteiger partial charge in [-0.3, -0.25) is 10.6 Å². The van der Waals surface area contributed by atoms with E-state index < -0.39 is 0 Å². The number of nitrogens with two attached hydrogens (primary N) is 1. The van der Waals surface area contributed by atoms with Crippen LogP contribution in [0.1, 0.15) is 36.0 Å². The van der Waals surface area contributed by atoms with Crippen molar-refractivity contribution in [1.29, 1.82) is 0 Å². The molecule has 4 N–H and O–H groups in total. The molecule has 1 aromatic carbocycles. The zero-order chi connectivity index (χ0) is 14.3. The molecule has 2 fully saturated rings. The van der Waals surface area contributed by atoms with Crippen LogP contribution >= 0.6 is 11.6 Å². The minimum Gasteiger partial charge on any atom is -0.393 e. The third-order valence-corrected chi connectivity index (χ3v) is 4.55. The number of halogens is 1. The highest BCUT2D eigenvalue weighted by molar-refractivity contribution is 6.31. The number of piperidine rings is 1. The quantitative estimate of drug-likeness (QED) is 0.574. The molecule has 2 aliphatic rings. The molecule has 0 radical (unpaired) electrons. The van der Waals surface area contributed by atoms with Crippen LogP contribution in [0.25, 0.3) is 0 Å². The lowest BCUT2D eigenvalue weighted by Gasteiger charge is -2.37. The average molecular weight is 296 g/mol. The van der Waals surface area contributed by atoms with Gasteiger partial charge in [0.2, 0.25) is 0 Å². The Bertz CT molecular complexity index is 523. The van der Waals surface area contributed by atoms with Crippen molar-refractivity contribution in [3.8, 4) is 0 Å². The number of anilines is 1. The molecule has 2 bridgehead atoms. The van der Waals surface area contributed by atoms with Crippen molar-refractivity contribution in [1.82, 2.24) is 4.90 Å². The number of nitrogens with one attached hydrogen (secondary N) is 1. The lowest BCUT2D eigenvalue weighted by atomic mass is 9.98. The summed E-state index contributed by atoms with van der Waals surface area (Å²) >= 11 is 5.99. The first-order valence-corrected chi connectivity index (χ1v) is 7.25. The Labute approximate surface area is 122 Å². The fourth-order valence-electron chi connectivity index (χ4n) is 3.44. The molecule has 2 aliphatic heterocycles. The molecule has 6 heteroatoms. The zero-order valence-electron chi connectivity index (χ0n) is 11.1. The molecule has 3 rings (SSSR count). The molecule has 2 atom stereocenters. The summed E-state index contributed by atoms with van der Waals surface area (Å²) in [5.74, 6) is 5.42. The monoisotopic (exact) mass is 295 g/mol. The molecule has 108 valence electrons. The van der Waals surface area contributed by atoms with Gasteiger partial charge < -0.3 is 15.4 Å². The number of carbonyl (C=O) groups excluding carboxylic acids is 1. The summed E-state index contributed by atoms with van der Waals surface area (Å²) in [4.78, 5) is 14.7. The van der Waals surface area contributed by atoms with E-state index in [0.29, 0.717) is 29.1 Å². The Kier molecular flexibility index (Phi) is 3.58. The molecule has 0 saturated carbocycles. The van der Waals surface area contributed by atoms with Crippen LogP contribution in [0.4, 0.5) is 5.69 Å². The number of hydrazine groups is 1. The number of nitrogen functional groups attached to an aromatic ring is 1. The largest absolute Gasteiger partial charge is 0.393 e. The molecule has 2 saturated heterocycles. The predicted octanol–water partition coefficient (Wildman–Crippen LogP) is 1.75. The Hall–Kier alpha value is -1.30. The third-order valence-electron chi connectivity index (χ3n) is 4.31. The van der Waals surface area contributed by atoms with E-state index in [1.807, 2.05) is 4.90 Å². The van der Waals surface area contributed by atoms with E-state index in [-0.39, 0.29) is 24.1 Å². The van der Waals surface area contributed by atoms with Crippen LogP contribution in [0.15, 0.2) is 18.2 Å². The third kappa shape index (κ3) is 2.26. The highest BCUT2D eigenvalue weighted by atomic mass is 35.5. The molecule has 0 spiro atoms. The maximum atomic E-state index is 12.8. The zero-order valence-corrected chi connectivity index (χ0v) is 11.8. The molecular formula is C14H18ClN3O2. The van der Waals surface area contributed by atoms with Crippen LogP contribution in [0.3, 0.4) is 0 Å². The SMILES string of the molecule is NNc1ccc(Cl)cc1C(=O)N1C2CCC1CC(O)C2. The van der Waals surface area contributed by atoms with Gasteiger partial charge in [0.05, 0.1) is 17.4 Å². The van der Waals surface area contributed by atoms with Crippen LogP contribution in [-0.4, -0.2) is 34.1 Å². The van der Waals surface area contributed by atoms with E-state index in [1.165, 1.54) is 0 Å². The minimum atomic E-state index is -0.289. The van der Waals surface area contributed by atoms with Gasteiger partial charge in [0.15, 0.2) is 0 Å². The number of carbonyl (C=O) groups is 1. The number of amides is 1. The molecule has 2 unspecified atom stereocenters. The summed E-state index contributed by atoms with van der Waals surface area (Å²) in [5, 5.41) is 10.3. The summed E-state index contributed by atoms with van der Waals surface area (Å²) in [5.41, 5.74) is 3.61. The van der Waals surface area contributed by atoms with E-state index in [2.05, 4.69) is 5.43 Å². The van der Waals surface area contributed by atoms with Crippen LogP contribution in [0.2, 0.25) is 5.02 Å². The molecule has 5 nitrogen and oxygen atoms in total. The van der Waals surface area contributed by atoms with Gasteiger partial charge >= 0.3 is 0 Å². The van der Waals surface area contributed by atoms with E-state index in [0.717, 1.165) is 12.8 Å². The Morgan fingerprint density at radius 3 is 2.60 bits per heavy atom. The lowest BCUT2D eigenvalue weighted by molar-refractivity contribution is 0.0287. The summed E-state index contributed by atoms with van der Waals surface area (Å²) in [6, 6.07) is 5.30. The highest BCUT2D eigenvalue weighted by Crippen LogP contribution is 2.37.